The molecule has 0 aliphatic carbocycles. The second kappa shape index (κ2) is 7.80. The summed E-state index contributed by atoms with van der Waals surface area (Å²) in [7, 11) is 0. The Kier molecular flexibility index (Phi) is 5.26. The molecule has 7 heteroatoms. The molecule has 1 aromatic carbocycles. The molecule has 1 amide bonds. The van der Waals surface area contributed by atoms with Crippen molar-refractivity contribution in [1.82, 2.24) is 25.0 Å². The van der Waals surface area contributed by atoms with E-state index in [2.05, 4.69) is 32.2 Å². The van der Waals surface area contributed by atoms with E-state index in [1.165, 1.54) is 0 Å². The third-order valence-electron chi connectivity index (χ3n) is 5.23. The molecule has 3 heterocycles. The number of carbonyl (C=O) groups excluding carboxylic acids is 1. The zero-order valence-corrected chi connectivity index (χ0v) is 15.9. The standard InChI is InChI=1S/C19H25N5OS/c1-14(26-16-5-3-2-4-6-16)19(25)23-10-7-15(8-11-23)18-22-21-17-13-20-9-12-24(17)18/h2-6,14-15,20H,7-13H2,1H3. The van der Waals surface area contributed by atoms with Gasteiger partial charge < -0.3 is 14.8 Å². The van der Waals surface area contributed by atoms with E-state index in [0.717, 1.165) is 62.1 Å². The summed E-state index contributed by atoms with van der Waals surface area (Å²) in [4.78, 5) is 16.0. The smallest absolute Gasteiger partial charge is 0.235 e. The molecule has 26 heavy (non-hydrogen) atoms. The first-order chi connectivity index (χ1) is 12.7. The van der Waals surface area contributed by atoms with Crippen LogP contribution in [0.3, 0.4) is 0 Å². The summed E-state index contributed by atoms with van der Waals surface area (Å²) < 4.78 is 2.27. The highest BCUT2D eigenvalue weighted by molar-refractivity contribution is 8.00. The van der Waals surface area contributed by atoms with E-state index in [9.17, 15) is 4.79 Å². The molecule has 1 N–H and O–H groups in total. The monoisotopic (exact) mass is 371 g/mol. The summed E-state index contributed by atoms with van der Waals surface area (Å²) in [6.07, 6.45) is 1.94. The van der Waals surface area contributed by atoms with Crippen molar-refractivity contribution < 1.29 is 4.79 Å². The Morgan fingerprint density at radius 2 is 1.96 bits per heavy atom. The molecule has 0 saturated carbocycles. The molecule has 2 aromatic rings. The maximum Gasteiger partial charge on any atom is 0.235 e. The molecule has 1 saturated heterocycles. The zero-order valence-electron chi connectivity index (χ0n) is 15.1. The average Bonchev–Trinajstić information content (AvgIpc) is 3.12. The van der Waals surface area contributed by atoms with Crippen molar-refractivity contribution >= 4 is 17.7 Å². The second-order valence-electron chi connectivity index (χ2n) is 6.98. The third kappa shape index (κ3) is 3.64. The van der Waals surface area contributed by atoms with E-state index in [4.69, 9.17) is 0 Å². The first kappa shape index (κ1) is 17.5. The van der Waals surface area contributed by atoms with Gasteiger partial charge in [0.2, 0.25) is 5.91 Å². The minimum absolute atomic E-state index is 0.0547. The Balaban J connectivity index is 1.34. The van der Waals surface area contributed by atoms with Crippen molar-refractivity contribution in [1.29, 1.82) is 0 Å². The highest BCUT2D eigenvalue weighted by Gasteiger charge is 2.30. The van der Waals surface area contributed by atoms with Crippen LogP contribution in [-0.4, -0.2) is 50.5 Å². The van der Waals surface area contributed by atoms with Crippen molar-refractivity contribution in [2.24, 2.45) is 0 Å². The minimum Gasteiger partial charge on any atom is -0.342 e. The molecule has 0 spiro atoms. The lowest BCUT2D eigenvalue weighted by molar-refractivity contribution is -0.131. The highest BCUT2D eigenvalue weighted by atomic mass is 32.2. The van der Waals surface area contributed by atoms with Crippen LogP contribution in [0.5, 0.6) is 0 Å². The van der Waals surface area contributed by atoms with Crippen LogP contribution in [0.1, 0.15) is 37.3 Å². The third-order valence-corrected chi connectivity index (χ3v) is 6.33. The number of carbonyl (C=O) groups is 1. The van der Waals surface area contributed by atoms with Gasteiger partial charge in [-0.15, -0.1) is 22.0 Å². The van der Waals surface area contributed by atoms with Gasteiger partial charge in [-0.2, -0.15) is 0 Å². The van der Waals surface area contributed by atoms with Gasteiger partial charge in [-0.3, -0.25) is 4.79 Å². The Morgan fingerprint density at radius 3 is 2.73 bits per heavy atom. The summed E-state index contributed by atoms with van der Waals surface area (Å²) in [5.41, 5.74) is 0. The molecule has 4 rings (SSSR count). The van der Waals surface area contributed by atoms with Crippen LogP contribution in [0.2, 0.25) is 0 Å². The van der Waals surface area contributed by atoms with Crippen LogP contribution in [0.25, 0.3) is 0 Å². The summed E-state index contributed by atoms with van der Waals surface area (Å²) >= 11 is 1.64. The lowest BCUT2D eigenvalue weighted by atomic mass is 9.95. The van der Waals surface area contributed by atoms with E-state index in [0.29, 0.717) is 5.92 Å². The Morgan fingerprint density at radius 1 is 1.19 bits per heavy atom. The molecule has 138 valence electrons. The van der Waals surface area contributed by atoms with Crippen molar-refractivity contribution in [3.8, 4) is 0 Å². The molecule has 6 nitrogen and oxygen atoms in total. The molecule has 2 aliphatic heterocycles. The van der Waals surface area contributed by atoms with Gasteiger partial charge in [0.1, 0.15) is 11.6 Å². The lowest BCUT2D eigenvalue weighted by Crippen LogP contribution is -2.42. The van der Waals surface area contributed by atoms with E-state index >= 15 is 0 Å². The van der Waals surface area contributed by atoms with Crippen LogP contribution < -0.4 is 5.32 Å². The molecule has 1 atom stereocenters. The fourth-order valence-electron chi connectivity index (χ4n) is 3.79. The van der Waals surface area contributed by atoms with Crippen LogP contribution in [0, 0.1) is 0 Å². The number of nitrogens with zero attached hydrogens (tertiary/aromatic N) is 4. The predicted octanol–water partition coefficient (Wildman–Crippen LogP) is 2.27. The Hall–Kier alpha value is -1.86. The summed E-state index contributed by atoms with van der Waals surface area (Å²) in [5.74, 6) is 2.80. The highest BCUT2D eigenvalue weighted by Crippen LogP contribution is 2.30. The quantitative estimate of drug-likeness (QED) is 0.836. The van der Waals surface area contributed by atoms with Crippen LogP contribution in [0.15, 0.2) is 35.2 Å². The van der Waals surface area contributed by atoms with Gasteiger partial charge in [0.25, 0.3) is 0 Å². The number of amides is 1. The molecule has 1 unspecified atom stereocenters. The summed E-state index contributed by atoms with van der Waals surface area (Å²) in [5, 5.41) is 12.1. The first-order valence-corrected chi connectivity index (χ1v) is 10.2. The number of hydrogen-bond acceptors (Lipinski definition) is 5. The SMILES string of the molecule is CC(Sc1ccccc1)C(=O)N1CCC(c2nnc3n2CCNC3)CC1. The largest absolute Gasteiger partial charge is 0.342 e. The number of thioether (sulfide) groups is 1. The number of rotatable bonds is 4. The number of likely N-dealkylation sites (tertiary alicyclic amines) is 1. The van der Waals surface area contributed by atoms with Crippen molar-refractivity contribution in [2.45, 2.75) is 48.9 Å². The molecular weight excluding hydrogens is 346 g/mol. The fourth-order valence-corrected chi connectivity index (χ4v) is 4.76. The van der Waals surface area contributed by atoms with E-state index < -0.39 is 0 Å². The normalized spacial score (nSPS) is 19.2. The number of nitrogens with one attached hydrogen (secondary N) is 1. The number of benzene rings is 1. The minimum atomic E-state index is -0.0547. The van der Waals surface area contributed by atoms with E-state index in [1.807, 2.05) is 30.0 Å². The van der Waals surface area contributed by atoms with Gasteiger partial charge in [-0.25, -0.2) is 0 Å². The molecule has 2 aliphatic rings. The van der Waals surface area contributed by atoms with E-state index in [1.54, 1.807) is 11.8 Å². The lowest BCUT2D eigenvalue weighted by Gasteiger charge is -2.33. The number of aromatic nitrogens is 3. The second-order valence-corrected chi connectivity index (χ2v) is 8.39. The molecule has 0 radical (unpaired) electrons. The molecule has 1 fully saturated rings. The maximum absolute atomic E-state index is 12.8. The number of fused-ring (bicyclic) bond motifs is 1. The van der Waals surface area contributed by atoms with Gasteiger partial charge in [-0.1, -0.05) is 18.2 Å². The zero-order chi connectivity index (χ0) is 17.9. The predicted molar refractivity (Wildman–Crippen MR) is 102 cm³/mol. The summed E-state index contributed by atoms with van der Waals surface area (Å²) in [6, 6.07) is 10.1. The Bertz CT molecular complexity index is 755. The van der Waals surface area contributed by atoms with E-state index in [-0.39, 0.29) is 11.2 Å². The van der Waals surface area contributed by atoms with Crippen LogP contribution in [0.4, 0.5) is 0 Å². The van der Waals surface area contributed by atoms with Gasteiger partial charge >= 0.3 is 0 Å². The van der Waals surface area contributed by atoms with Crippen molar-refractivity contribution in [2.75, 3.05) is 19.6 Å². The maximum atomic E-state index is 12.8. The van der Waals surface area contributed by atoms with Gasteiger partial charge in [0.15, 0.2) is 0 Å². The summed E-state index contributed by atoms with van der Waals surface area (Å²) in [6.45, 7) is 6.35. The van der Waals surface area contributed by atoms with Gasteiger partial charge in [0, 0.05) is 37.0 Å². The topological polar surface area (TPSA) is 63.1 Å². The molecule has 0 bridgehead atoms. The van der Waals surface area contributed by atoms with Crippen LogP contribution in [-0.2, 0) is 17.9 Å². The Labute approximate surface area is 158 Å². The van der Waals surface area contributed by atoms with Crippen LogP contribution >= 0.6 is 11.8 Å². The number of hydrogen-bond donors (Lipinski definition) is 1. The number of piperidine rings is 1. The van der Waals surface area contributed by atoms with Crippen molar-refractivity contribution in [3.63, 3.8) is 0 Å². The fraction of sp³-hybridized carbons (Fsp3) is 0.526. The van der Waals surface area contributed by atoms with Crippen molar-refractivity contribution in [3.05, 3.63) is 42.0 Å². The average molecular weight is 372 g/mol. The first-order valence-electron chi connectivity index (χ1n) is 9.35. The van der Waals surface area contributed by atoms with Gasteiger partial charge in [0.05, 0.1) is 11.8 Å². The van der Waals surface area contributed by atoms with Gasteiger partial charge in [-0.05, 0) is 31.9 Å². The molecular formula is C19H25N5OS. The molecule has 1 aromatic heterocycles.